The van der Waals surface area contributed by atoms with Gasteiger partial charge in [-0.2, -0.15) is 0 Å². The van der Waals surface area contributed by atoms with Crippen molar-refractivity contribution in [3.63, 3.8) is 0 Å². The minimum Gasteiger partial charge on any atom is -0.479 e. The summed E-state index contributed by atoms with van der Waals surface area (Å²) in [5.41, 5.74) is -0.431. The average Bonchev–Trinajstić information content (AvgIpc) is 2.22. The lowest BCUT2D eigenvalue weighted by molar-refractivity contribution is -0.143. The van der Waals surface area contributed by atoms with Crippen LogP contribution in [0.25, 0.3) is 0 Å². The van der Waals surface area contributed by atoms with E-state index in [4.69, 9.17) is 9.84 Å². The largest absolute Gasteiger partial charge is 0.479 e. The smallest absolute Gasteiger partial charge is 0.331 e. The SMILES string of the molecule is COCC(C)(Nc1ccc(C)cc1F)C(=O)O. The van der Waals surface area contributed by atoms with Crippen molar-refractivity contribution in [3.8, 4) is 0 Å². The van der Waals surface area contributed by atoms with Crippen molar-refractivity contribution < 1.29 is 19.0 Å². The molecule has 94 valence electrons. The minimum absolute atomic E-state index is 0.0599. The van der Waals surface area contributed by atoms with Crippen molar-refractivity contribution in [2.24, 2.45) is 0 Å². The molecule has 1 unspecified atom stereocenters. The summed E-state index contributed by atoms with van der Waals surface area (Å²) >= 11 is 0. The number of nitrogens with one attached hydrogen (secondary N) is 1. The van der Waals surface area contributed by atoms with Gasteiger partial charge in [0.1, 0.15) is 5.82 Å². The number of carboxylic acids is 1. The van der Waals surface area contributed by atoms with Crippen molar-refractivity contribution >= 4 is 11.7 Å². The number of hydrogen-bond acceptors (Lipinski definition) is 3. The molecule has 0 aromatic heterocycles. The highest BCUT2D eigenvalue weighted by Gasteiger charge is 2.33. The fourth-order valence-corrected chi connectivity index (χ4v) is 1.46. The number of methoxy groups -OCH3 is 1. The molecule has 1 aromatic rings. The molecular weight excluding hydrogens is 225 g/mol. The second-order valence-electron chi connectivity index (χ2n) is 4.18. The highest BCUT2D eigenvalue weighted by Crippen LogP contribution is 2.20. The van der Waals surface area contributed by atoms with Crippen molar-refractivity contribution in [2.75, 3.05) is 19.0 Å². The summed E-state index contributed by atoms with van der Waals surface area (Å²) in [7, 11) is 1.40. The molecule has 0 amide bonds. The maximum absolute atomic E-state index is 13.6. The van der Waals surface area contributed by atoms with E-state index < -0.39 is 17.3 Å². The molecule has 2 N–H and O–H groups in total. The number of carbonyl (C=O) groups is 1. The van der Waals surface area contributed by atoms with E-state index in [1.54, 1.807) is 13.0 Å². The highest BCUT2D eigenvalue weighted by molar-refractivity contribution is 5.82. The lowest BCUT2D eigenvalue weighted by atomic mass is 10.0. The number of halogens is 1. The Morgan fingerprint density at radius 1 is 1.59 bits per heavy atom. The number of aryl methyl sites for hydroxylation is 1. The molecule has 1 atom stereocenters. The van der Waals surface area contributed by atoms with Crippen LogP contribution in [-0.4, -0.2) is 30.3 Å². The molecule has 5 heteroatoms. The first kappa shape index (κ1) is 13.4. The van der Waals surface area contributed by atoms with Gasteiger partial charge in [-0.15, -0.1) is 0 Å². The summed E-state index contributed by atoms with van der Waals surface area (Å²) in [6.45, 7) is 3.15. The first-order valence-electron chi connectivity index (χ1n) is 5.16. The molecule has 0 bridgehead atoms. The molecule has 0 aliphatic carbocycles. The predicted octanol–water partition coefficient (Wildman–Crippen LogP) is 2.04. The van der Waals surface area contributed by atoms with E-state index in [-0.39, 0.29) is 12.3 Å². The van der Waals surface area contributed by atoms with Crippen molar-refractivity contribution in [1.82, 2.24) is 0 Å². The van der Waals surface area contributed by atoms with Crippen LogP contribution in [0.1, 0.15) is 12.5 Å². The van der Waals surface area contributed by atoms with E-state index in [0.717, 1.165) is 5.56 Å². The average molecular weight is 241 g/mol. The monoisotopic (exact) mass is 241 g/mol. The van der Waals surface area contributed by atoms with Crippen LogP contribution >= 0.6 is 0 Å². The van der Waals surface area contributed by atoms with Crippen LogP contribution in [0.15, 0.2) is 18.2 Å². The van der Waals surface area contributed by atoms with E-state index in [1.165, 1.54) is 26.2 Å². The van der Waals surface area contributed by atoms with E-state index in [2.05, 4.69) is 5.32 Å². The first-order valence-corrected chi connectivity index (χ1v) is 5.16. The normalized spacial score (nSPS) is 14.1. The lowest BCUT2D eigenvalue weighted by Crippen LogP contribution is -2.47. The van der Waals surface area contributed by atoms with Gasteiger partial charge in [-0.25, -0.2) is 9.18 Å². The van der Waals surface area contributed by atoms with E-state index in [9.17, 15) is 9.18 Å². The standard InChI is InChI=1S/C12H16FNO3/c1-8-4-5-10(9(13)6-8)14-12(2,7-17-3)11(15)16/h4-6,14H,7H2,1-3H3,(H,15,16). The molecular formula is C12H16FNO3. The summed E-state index contributed by atoms with van der Waals surface area (Å²) in [6.07, 6.45) is 0. The third kappa shape index (κ3) is 3.17. The van der Waals surface area contributed by atoms with Crippen molar-refractivity contribution in [2.45, 2.75) is 19.4 Å². The Morgan fingerprint density at radius 2 is 2.24 bits per heavy atom. The van der Waals surface area contributed by atoms with Crippen LogP contribution in [0.5, 0.6) is 0 Å². The van der Waals surface area contributed by atoms with Gasteiger partial charge in [-0.05, 0) is 31.5 Å². The van der Waals surface area contributed by atoms with E-state index in [0.29, 0.717) is 0 Å². The molecule has 0 aliphatic rings. The molecule has 0 aliphatic heterocycles. The van der Waals surface area contributed by atoms with Crippen LogP contribution in [0.2, 0.25) is 0 Å². The third-order valence-corrected chi connectivity index (χ3v) is 2.44. The van der Waals surface area contributed by atoms with Crippen LogP contribution in [0, 0.1) is 12.7 Å². The van der Waals surface area contributed by atoms with Gasteiger partial charge in [-0.3, -0.25) is 0 Å². The minimum atomic E-state index is -1.36. The van der Waals surface area contributed by atoms with Crippen molar-refractivity contribution in [3.05, 3.63) is 29.6 Å². The van der Waals surface area contributed by atoms with Crippen LogP contribution < -0.4 is 5.32 Å². The number of ether oxygens (including phenoxy) is 1. The summed E-state index contributed by atoms with van der Waals surface area (Å²) in [4.78, 5) is 11.1. The molecule has 0 fully saturated rings. The molecule has 0 saturated heterocycles. The first-order chi connectivity index (χ1) is 7.89. The molecule has 0 radical (unpaired) electrons. The molecule has 4 nitrogen and oxygen atoms in total. The van der Waals surface area contributed by atoms with Gasteiger partial charge in [0.15, 0.2) is 5.54 Å². The summed E-state index contributed by atoms with van der Waals surface area (Å²) in [5, 5.41) is 11.8. The molecule has 0 spiro atoms. The number of rotatable bonds is 5. The Hall–Kier alpha value is -1.62. The Balaban J connectivity index is 2.98. The molecule has 1 aromatic carbocycles. The van der Waals surface area contributed by atoms with Crippen LogP contribution in [-0.2, 0) is 9.53 Å². The van der Waals surface area contributed by atoms with Gasteiger partial charge in [0, 0.05) is 7.11 Å². The fraction of sp³-hybridized carbons (Fsp3) is 0.417. The zero-order valence-electron chi connectivity index (χ0n) is 10.1. The number of benzene rings is 1. The highest BCUT2D eigenvalue weighted by atomic mass is 19.1. The second kappa shape index (κ2) is 5.14. The maximum Gasteiger partial charge on any atom is 0.331 e. The zero-order chi connectivity index (χ0) is 13.1. The second-order valence-corrected chi connectivity index (χ2v) is 4.18. The number of hydrogen-bond donors (Lipinski definition) is 2. The summed E-state index contributed by atoms with van der Waals surface area (Å²) < 4.78 is 18.4. The molecule has 1 rings (SSSR count). The Kier molecular flexibility index (Phi) is 4.07. The Bertz CT molecular complexity index is 422. The number of carboxylic acid groups (broad SMARTS) is 1. The fourth-order valence-electron chi connectivity index (χ4n) is 1.46. The Labute approximate surface area is 99.4 Å². The van der Waals surface area contributed by atoms with Crippen molar-refractivity contribution in [1.29, 1.82) is 0 Å². The van der Waals surface area contributed by atoms with Gasteiger partial charge in [-0.1, -0.05) is 6.07 Å². The van der Waals surface area contributed by atoms with Crippen LogP contribution in [0.3, 0.4) is 0 Å². The quantitative estimate of drug-likeness (QED) is 0.828. The predicted molar refractivity (Wildman–Crippen MR) is 62.7 cm³/mol. The van der Waals surface area contributed by atoms with Gasteiger partial charge in [0.05, 0.1) is 12.3 Å². The maximum atomic E-state index is 13.6. The van der Waals surface area contributed by atoms with E-state index >= 15 is 0 Å². The molecule has 0 heterocycles. The number of aliphatic carboxylic acids is 1. The third-order valence-electron chi connectivity index (χ3n) is 2.44. The lowest BCUT2D eigenvalue weighted by Gasteiger charge is -2.26. The van der Waals surface area contributed by atoms with Gasteiger partial charge in [0.2, 0.25) is 0 Å². The zero-order valence-corrected chi connectivity index (χ0v) is 10.1. The van der Waals surface area contributed by atoms with Gasteiger partial charge >= 0.3 is 5.97 Å². The van der Waals surface area contributed by atoms with Crippen LogP contribution in [0.4, 0.5) is 10.1 Å². The molecule has 0 saturated carbocycles. The van der Waals surface area contributed by atoms with Gasteiger partial charge in [0.25, 0.3) is 0 Å². The Morgan fingerprint density at radius 3 is 2.71 bits per heavy atom. The number of anilines is 1. The van der Waals surface area contributed by atoms with E-state index in [1.807, 2.05) is 0 Å². The summed E-state index contributed by atoms with van der Waals surface area (Å²) in [5.74, 6) is -1.58. The molecule has 17 heavy (non-hydrogen) atoms. The van der Waals surface area contributed by atoms with Gasteiger partial charge < -0.3 is 15.2 Å². The topological polar surface area (TPSA) is 58.6 Å². The summed E-state index contributed by atoms with van der Waals surface area (Å²) in [6, 6.07) is 4.57.